The number of methoxy groups -OCH3 is 1. The van der Waals surface area contributed by atoms with Gasteiger partial charge in [-0.25, -0.2) is 8.42 Å². The molecular weight excluding hydrogens is 409 g/mol. The van der Waals surface area contributed by atoms with Gasteiger partial charge in [-0.05, 0) is 38.0 Å². The quantitative estimate of drug-likeness (QED) is 0.743. The first-order chi connectivity index (χ1) is 13.4. The minimum absolute atomic E-state index is 0.149. The summed E-state index contributed by atoms with van der Waals surface area (Å²) < 4.78 is 76.9. The van der Waals surface area contributed by atoms with Crippen LogP contribution in [0.5, 0.6) is 0 Å². The van der Waals surface area contributed by atoms with E-state index in [1.54, 1.807) is 38.1 Å². The molecule has 1 aliphatic rings. The number of benzene rings is 1. The van der Waals surface area contributed by atoms with Gasteiger partial charge in [0, 0.05) is 11.8 Å². The van der Waals surface area contributed by atoms with E-state index in [-0.39, 0.29) is 12.5 Å². The van der Waals surface area contributed by atoms with Crippen molar-refractivity contribution in [3.8, 4) is 11.3 Å². The third kappa shape index (κ3) is 4.52. The molecule has 3 rings (SSSR count). The van der Waals surface area contributed by atoms with Crippen LogP contribution in [0.3, 0.4) is 0 Å². The van der Waals surface area contributed by atoms with E-state index in [0.29, 0.717) is 16.8 Å². The van der Waals surface area contributed by atoms with Gasteiger partial charge in [-0.1, -0.05) is 28.7 Å². The summed E-state index contributed by atoms with van der Waals surface area (Å²) in [5.41, 5.74) is -0.169. The lowest BCUT2D eigenvalue weighted by Crippen LogP contribution is -2.50. The van der Waals surface area contributed by atoms with Gasteiger partial charge in [0.05, 0.1) is 18.4 Å². The number of halogens is 3. The van der Waals surface area contributed by atoms with Crippen LogP contribution in [0.15, 0.2) is 47.0 Å². The number of pyridine rings is 1. The van der Waals surface area contributed by atoms with Crippen LogP contribution >= 0.6 is 0 Å². The highest BCUT2D eigenvalue weighted by Crippen LogP contribution is 2.32. The van der Waals surface area contributed by atoms with Crippen LogP contribution in [0.25, 0.3) is 11.3 Å². The summed E-state index contributed by atoms with van der Waals surface area (Å²) in [4.78, 5) is 3.86. The Morgan fingerprint density at radius 1 is 1.14 bits per heavy atom. The SMILES string of the molecule is COC1=NS(=O)(=O)C(Cc2ccc(-c3ccc(C(F)(F)F)cn3)cc2)C(C)(C)O1. The molecule has 0 spiro atoms. The molecule has 29 heavy (non-hydrogen) atoms. The zero-order valence-electron chi connectivity index (χ0n) is 15.9. The normalized spacial score (nSPS) is 20.5. The van der Waals surface area contributed by atoms with Gasteiger partial charge in [0.2, 0.25) is 0 Å². The fourth-order valence-electron chi connectivity index (χ4n) is 3.02. The minimum atomic E-state index is -4.44. The second-order valence-electron chi connectivity index (χ2n) is 7.10. The second kappa shape index (κ2) is 7.33. The van der Waals surface area contributed by atoms with Gasteiger partial charge >= 0.3 is 12.3 Å². The Balaban J connectivity index is 1.81. The van der Waals surface area contributed by atoms with Crippen molar-refractivity contribution in [2.45, 2.75) is 37.3 Å². The average molecular weight is 428 g/mol. The molecule has 0 amide bonds. The van der Waals surface area contributed by atoms with Crippen LogP contribution < -0.4 is 0 Å². The van der Waals surface area contributed by atoms with E-state index in [0.717, 1.165) is 12.3 Å². The molecule has 0 saturated carbocycles. The summed E-state index contributed by atoms with van der Waals surface area (Å²) in [5, 5.41) is -0.927. The van der Waals surface area contributed by atoms with E-state index in [1.807, 2.05) is 0 Å². The summed E-state index contributed by atoms with van der Waals surface area (Å²) in [6.45, 7) is 3.28. The molecule has 1 atom stereocenters. The van der Waals surface area contributed by atoms with Crippen LogP contribution in [0.4, 0.5) is 13.2 Å². The molecule has 0 radical (unpaired) electrons. The third-order valence-electron chi connectivity index (χ3n) is 4.62. The maximum atomic E-state index is 12.7. The molecule has 156 valence electrons. The summed E-state index contributed by atoms with van der Waals surface area (Å²) in [7, 11) is -2.58. The highest BCUT2D eigenvalue weighted by molar-refractivity contribution is 7.91. The van der Waals surface area contributed by atoms with Crippen LogP contribution in [0.1, 0.15) is 25.0 Å². The van der Waals surface area contributed by atoms with Gasteiger partial charge in [0.15, 0.2) is 0 Å². The van der Waals surface area contributed by atoms with Crippen molar-refractivity contribution in [3.63, 3.8) is 0 Å². The van der Waals surface area contributed by atoms with Crippen LogP contribution in [-0.4, -0.2) is 37.4 Å². The summed E-state index contributed by atoms with van der Waals surface area (Å²) in [6.07, 6.45) is -3.81. The number of nitrogens with zero attached hydrogens (tertiary/aromatic N) is 2. The van der Waals surface area contributed by atoms with Crippen molar-refractivity contribution in [1.29, 1.82) is 0 Å². The minimum Gasteiger partial charge on any atom is -0.453 e. The predicted octanol–water partition coefficient (Wildman–Crippen LogP) is 3.82. The monoisotopic (exact) mass is 428 g/mol. The molecule has 0 fully saturated rings. The molecule has 2 heterocycles. The molecule has 6 nitrogen and oxygen atoms in total. The van der Waals surface area contributed by atoms with Gasteiger partial charge in [0.1, 0.15) is 10.9 Å². The summed E-state index contributed by atoms with van der Waals surface area (Å²) in [5.74, 6) is 0. The summed E-state index contributed by atoms with van der Waals surface area (Å²) in [6, 6.07) is 9.03. The average Bonchev–Trinajstić information content (AvgIpc) is 2.64. The first-order valence-electron chi connectivity index (χ1n) is 8.62. The largest absolute Gasteiger partial charge is 0.453 e. The highest BCUT2D eigenvalue weighted by atomic mass is 32.2. The maximum absolute atomic E-state index is 12.7. The highest BCUT2D eigenvalue weighted by Gasteiger charge is 2.46. The van der Waals surface area contributed by atoms with Crippen molar-refractivity contribution in [2.24, 2.45) is 4.40 Å². The topological polar surface area (TPSA) is 77.9 Å². The number of hydrogen-bond acceptors (Lipinski definition) is 5. The number of aromatic nitrogens is 1. The molecule has 1 unspecified atom stereocenters. The van der Waals surface area contributed by atoms with E-state index in [4.69, 9.17) is 9.47 Å². The van der Waals surface area contributed by atoms with Gasteiger partial charge < -0.3 is 9.47 Å². The summed E-state index contributed by atoms with van der Waals surface area (Å²) >= 11 is 0. The molecule has 0 bridgehead atoms. The number of ether oxygens (including phenoxy) is 2. The standard InChI is InChI=1S/C19H19F3N2O4S/c1-18(2)16(29(25,26)24-17(27-3)28-18)10-12-4-6-13(7-5-12)15-9-8-14(11-23-15)19(20,21)22/h4-9,11,16H,10H2,1-3H3. The maximum Gasteiger partial charge on any atom is 0.417 e. The van der Waals surface area contributed by atoms with Gasteiger partial charge in [-0.15, -0.1) is 0 Å². The smallest absolute Gasteiger partial charge is 0.417 e. The molecule has 1 aromatic heterocycles. The number of hydrogen-bond donors (Lipinski definition) is 0. The van der Waals surface area contributed by atoms with E-state index < -0.39 is 32.6 Å². The Hall–Kier alpha value is -2.62. The second-order valence-corrected chi connectivity index (χ2v) is 8.88. The zero-order valence-corrected chi connectivity index (χ0v) is 16.7. The van der Waals surface area contributed by atoms with Crippen molar-refractivity contribution >= 4 is 16.1 Å². The van der Waals surface area contributed by atoms with Crippen molar-refractivity contribution in [2.75, 3.05) is 7.11 Å². The molecule has 0 aliphatic carbocycles. The van der Waals surface area contributed by atoms with Crippen molar-refractivity contribution in [3.05, 3.63) is 53.7 Å². The lowest BCUT2D eigenvalue weighted by molar-refractivity contribution is -0.137. The first-order valence-corrected chi connectivity index (χ1v) is 10.1. The fraction of sp³-hybridized carbons (Fsp3) is 0.368. The van der Waals surface area contributed by atoms with Crippen molar-refractivity contribution in [1.82, 2.24) is 4.98 Å². The molecule has 0 N–H and O–H groups in total. The van der Waals surface area contributed by atoms with E-state index in [2.05, 4.69) is 9.38 Å². The Morgan fingerprint density at radius 3 is 2.28 bits per heavy atom. The Kier molecular flexibility index (Phi) is 5.33. The van der Waals surface area contributed by atoms with Crippen LogP contribution in [-0.2, 0) is 32.1 Å². The third-order valence-corrected chi connectivity index (χ3v) is 6.48. The van der Waals surface area contributed by atoms with Gasteiger partial charge in [0.25, 0.3) is 10.0 Å². The number of sulfonamides is 1. The fourth-order valence-corrected chi connectivity index (χ4v) is 4.64. The molecule has 1 aliphatic heterocycles. The lowest BCUT2D eigenvalue weighted by atomic mass is 9.96. The van der Waals surface area contributed by atoms with Crippen LogP contribution in [0, 0.1) is 0 Å². The zero-order chi connectivity index (χ0) is 21.4. The van der Waals surface area contributed by atoms with E-state index in [1.165, 1.54) is 13.2 Å². The van der Waals surface area contributed by atoms with Crippen LogP contribution in [0.2, 0.25) is 0 Å². The lowest BCUT2D eigenvalue weighted by Gasteiger charge is -2.35. The predicted molar refractivity (Wildman–Crippen MR) is 101 cm³/mol. The Labute approximate surface area is 166 Å². The molecule has 0 saturated heterocycles. The van der Waals surface area contributed by atoms with E-state index >= 15 is 0 Å². The molecular formula is C19H19F3N2O4S. The van der Waals surface area contributed by atoms with Gasteiger partial charge in [-0.2, -0.15) is 13.2 Å². The Bertz CT molecular complexity index is 1010. The Morgan fingerprint density at radius 2 is 1.79 bits per heavy atom. The first kappa shape index (κ1) is 21.1. The molecule has 10 heteroatoms. The molecule has 2 aromatic rings. The van der Waals surface area contributed by atoms with Crippen molar-refractivity contribution < 1.29 is 31.1 Å². The number of alkyl halides is 3. The molecule has 1 aromatic carbocycles. The number of rotatable bonds is 3. The van der Waals surface area contributed by atoms with E-state index in [9.17, 15) is 21.6 Å². The van der Waals surface area contributed by atoms with Gasteiger partial charge in [-0.3, -0.25) is 4.98 Å².